The summed E-state index contributed by atoms with van der Waals surface area (Å²) in [5.41, 5.74) is 0. The van der Waals surface area contributed by atoms with Crippen molar-refractivity contribution in [3.63, 3.8) is 0 Å². The first-order valence-corrected chi connectivity index (χ1v) is 6.48. The highest BCUT2D eigenvalue weighted by molar-refractivity contribution is 5.87. The zero-order valence-corrected chi connectivity index (χ0v) is 11.0. The lowest BCUT2D eigenvalue weighted by molar-refractivity contribution is -0.122. The molecule has 1 atom stereocenters. The van der Waals surface area contributed by atoms with E-state index in [1.54, 1.807) is 19.4 Å². The van der Waals surface area contributed by atoms with Gasteiger partial charge in [0.1, 0.15) is 11.8 Å². The average molecular weight is 265 g/mol. The number of carbonyl (C=O) groups excluding carboxylic acids is 2. The number of nitrogens with zero attached hydrogens (tertiary/aromatic N) is 1. The molecule has 0 saturated carbocycles. The van der Waals surface area contributed by atoms with Crippen LogP contribution in [0.1, 0.15) is 25.0 Å². The van der Waals surface area contributed by atoms with E-state index in [-0.39, 0.29) is 11.9 Å². The van der Waals surface area contributed by atoms with Gasteiger partial charge in [0.25, 0.3) is 0 Å². The molecule has 1 aromatic heterocycles. The number of rotatable bonds is 3. The van der Waals surface area contributed by atoms with Gasteiger partial charge >= 0.3 is 6.03 Å². The molecule has 0 spiro atoms. The van der Waals surface area contributed by atoms with Crippen molar-refractivity contribution >= 4 is 11.9 Å². The van der Waals surface area contributed by atoms with E-state index in [1.165, 1.54) is 4.90 Å². The first-order chi connectivity index (χ1) is 9.16. The van der Waals surface area contributed by atoms with Crippen LogP contribution in [0.5, 0.6) is 0 Å². The second-order valence-electron chi connectivity index (χ2n) is 4.72. The first kappa shape index (κ1) is 13.5. The van der Waals surface area contributed by atoms with Gasteiger partial charge in [-0.1, -0.05) is 0 Å². The summed E-state index contributed by atoms with van der Waals surface area (Å²) in [4.78, 5) is 25.2. The maximum atomic E-state index is 12.0. The zero-order valence-electron chi connectivity index (χ0n) is 11.0. The van der Waals surface area contributed by atoms with E-state index >= 15 is 0 Å². The molecule has 1 saturated heterocycles. The predicted molar refractivity (Wildman–Crippen MR) is 69.4 cm³/mol. The fraction of sp³-hybridized carbons (Fsp3) is 0.538. The molecule has 1 aliphatic heterocycles. The van der Waals surface area contributed by atoms with Gasteiger partial charge in [0.15, 0.2) is 0 Å². The number of carbonyl (C=O) groups is 2. The zero-order chi connectivity index (χ0) is 13.7. The summed E-state index contributed by atoms with van der Waals surface area (Å²) < 4.78 is 5.18. The minimum atomic E-state index is -0.436. The minimum absolute atomic E-state index is 0.0998. The molecular weight excluding hydrogens is 246 g/mol. The molecule has 6 heteroatoms. The molecule has 0 unspecified atom stereocenters. The average Bonchev–Trinajstić information content (AvgIpc) is 2.81. The van der Waals surface area contributed by atoms with Gasteiger partial charge in [0, 0.05) is 13.6 Å². The van der Waals surface area contributed by atoms with E-state index < -0.39 is 6.04 Å². The van der Waals surface area contributed by atoms with Crippen molar-refractivity contribution in [3.05, 3.63) is 24.2 Å². The highest BCUT2D eigenvalue weighted by Gasteiger charge is 2.23. The van der Waals surface area contributed by atoms with Gasteiger partial charge in [-0.05, 0) is 31.4 Å². The topological polar surface area (TPSA) is 74.6 Å². The van der Waals surface area contributed by atoms with Crippen LogP contribution in [0.4, 0.5) is 4.79 Å². The molecular formula is C13H19N3O3. The molecule has 1 fully saturated rings. The Kier molecular flexibility index (Phi) is 4.43. The smallest absolute Gasteiger partial charge is 0.318 e. The maximum Gasteiger partial charge on any atom is 0.318 e. The number of hydrogen-bond acceptors (Lipinski definition) is 3. The van der Waals surface area contributed by atoms with Gasteiger partial charge in [-0.25, -0.2) is 4.79 Å². The van der Waals surface area contributed by atoms with Gasteiger partial charge in [0.2, 0.25) is 5.91 Å². The quantitative estimate of drug-likeness (QED) is 0.859. The van der Waals surface area contributed by atoms with E-state index in [1.807, 2.05) is 6.07 Å². The molecule has 2 rings (SSSR count). The number of hydrogen-bond donors (Lipinski definition) is 2. The Morgan fingerprint density at radius 3 is 3.16 bits per heavy atom. The lowest BCUT2D eigenvalue weighted by Gasteiger charge is -2.21. The summed E-state index contributed by atoms with van der Waals surface area (Å²) in [6.07, 6.45) is 4.15. The number of furan rings is 1. The Morgan fingerprint density at radius 2 is 2.42 bits per heavy atom. The third kappa shape index (κ3) is 3.74. The summed E-state index contributed by atoms with van der Waals surface area (Å²) in [5.74, 6) is 0.611. The van der Waals surface area contributed by atoms with Crippen LogP contribution in [-0.2, 0) is 11.3 Å². The molecule has 2 heterocycles. The van der Waals surface area contributed by atoms with Crippen molar-refractivity contribution in [1.82, 2.24) is 15.5 Å². The van der Waals surface area contributed by atoms with Crippen LogP contribution < -0.4 is 10.6 Å². The largest absolute Gasteiger partial charge is 0.467 e. The predicted octanol–water partition coefficient (Wildman–Crippen LogP) is 1.09. The summed E-state index contributed by atoms with van der Waals surface area (Å²) >= 11 is 0. The summed E-state index contributed by atoms with van der Waals surface area (Å²) in [6.45, 7) is 1.07. The second kappa shape index (κ2) is 6.26. The van der Waals surface area contributed by atoms with Crippen LogP contribution in [0, 0.1) is 0 Å². The van der Waals surface area contributed by atoms with Gasteiger partial charge in [-0.15, -0.1) is 0 Å². The lowest BCUT2D eigenvalue weighted by atomic mass is 10.1. The van der Waals surface area contributed by atoms with E-state index in [2.05, 4.69) is 10.6 Å². The van der Waals surface area contributed by atoms with Crippen LogP contribution in [0.3, 0.4) is 0 Å². The molecule has 0 aromatic carbocycles. The van der Waals surface area contributed by atoms with Crippen LogP contribution in [-0.4, -0.2) is 36.5 Å². The minimum Gasteiger partial charge on any atom is -0.467 e. The molecule has 0 radical (unpaired) electrons. The first-order valence-electron chi connectivity index (χ1n) is 6.48. The van der Waals surface area contributed by atoms with E-state index in [4.69, 9.17) is 4.42 Å². The van der Waals surface area contributed by atoms with Crippen molar-refractivity contribution < 1.29 is 14.0 Å². The third-order valence-electron chi connectivity index (χ3n) is 3.15. The van der Waals surface area contributed by atoms with E-state index in [0.29, 0.717) is 25.3 Å². The fourth-order valence-electron chi connectivity index (χ4n) is 2.04. The Bertz CT molecular complexity index is 430. The van der Waals surface area contributed by atoms with Crippen LogP contribution in [0.15, 0.2) is 22.8 Å². The SMILES string of the molecule is CN(Cc1ccco1)C(=O)N[C@@H]1CCCCNC1=O. The summed E-state index contributed by atoms with van der Waals surface area (Å²) in [6, 6.07) is 2.88. The Hall–Kier alpha value is -1.98. The fourth-order valence-corrected chi connectivity index (χ4v) is 2.04. The van der Waals surface area contributed by atoms with Gasteiger partial charge < -0.3 is 20.0 Å². The van der Waals surface area contributed by atoms with Crippen molar-refractivity contribution in [2.24, 2.45) is 0 Å². The van der Waals surface area contributed by atoms with E-state index in [0.717, 1.165) is 12.8 Å². The van der Waals surface area contributed by atoms with Crippen LogP contribution in [0.25, 0.3) is 0 Å². The molecule has 3 amide bonds. The molecule has 0 aliphatic carbocycles. The summed E-state index contributed by atoms with van der Waals surface area (Å²) in [5, 5.41) is 5.55. The molecule has 1 aromatic rings. The number of urea groups is 1. The van der Waals surface area contributed by atoms with Gasteiger partial charge in [-0.2, -0.15) is 0 Å². The lowest BCUT2D eigenvalue weighted by Crippen LogP contribution is -2.49. The number of amides is 3. The molecule has 1 aliphatic rings. The van der Waals surface area contributed by atoms with Crippen molar-refractivity contribution in [2.75, 3.05) is 13.6 Å². The summed E-state index contributed by atoms with van der Waals surface area (Å²) in [7, 11) is 1.67. The number of nitrogens with one attached hydrogen (secondary N) is 2. The van der Waals surface area contributed by atoms with Crippen molar-refractivity contribution in [3.8, 4) is 0 Å². The molecule has 19 heavy (non-hydrogen) atoms. The molecule has 6 nitrogen and oxygen atoms in total. The van der Waals surface area contributed by atoms with Crippen molar-refractivity contribution in [1.29, 1.82) is 0 Å². The Balaban J connectivity index is 1.86. The molecule has 104 valence electrons. The third-order valence-corrected chi connectivity index (χ3v) is 3.15. The van der Waals surface area contributed by atoms with Gasteiger partial charge in [0.05, 0.1) is 12.8 Å². The Morgan fingerprint density at radius 1 is 1.58 bits per heavy atom. The molecule has 0 bridgehead atoms. The maximum absolute atomic E-state index is 12.0. The van der Waals surface area contributed by atoms with Crippen molar-refractivity contribution in [2.45, 2.75) is 31.8 Å². The standard InChI is InChI=1S/C13H19N3O3/c1-16(9-10-5-4-8-19-10)13(18)15-11-6-2-3-7-14-12(11)17/h4-5,8,11H,2-3,6-7,9H2,1H3,(H,14,17)(H,15,18)/t11-/m1/s1. The van der Waals surface area contributed by atoms with Crippen LogP contribution >= 0.6 is 0 Å². The molecule has 2 N–H and O–H groups in total. The van der Waals surface area contributed by atoms with E-state index in [9.17, 15) is 9.59 Å². The second-order valence-corrected chi connectivity index (χ2v) is 4.72. The highest BCUT2D eigenvalue weighted by atomic mass is 16.3. The Labute approximate surface area is 112 Å². The van der Waals surface area contributed by atoms with Gasteiger partial charge in [-0.3, -0.25) is 4.79 Å². The monoisotopic (exact) mass is 265 g/mol. The highest BCUT2D eigenvalue weighted by Crippen LogP contribution is 2.07. The van der Waals surface area contributed by atoms with Crippen LogP contribution in [0.2, 0.25) is 0 Å². The normalized spacial score (nSPS) is 19.4.